The second-order valence-electron chi connectivity index (χ2n) is 5.48. The lowest BCUT2D eigenvalue weighted by atomic mass is 10.1. The van der Waals surface area contributed by atoms with E-state index in [2.05, 4.69) is 20.8 Å². The first-order valence-corrected chi connectivity index (χ1v) is 8.01. The van der Waals surface area contributed by atoms with Crippen molar-refractivity contribution in [1.29, 1.82) is 0 Å². The van der Waals surface area contributed by atoms with Gasteiger partial charge in [-0.3, -0.25) is 9.59 Å². The Labute approximate surface area is 136 Å². The van der Waals surface area contributed by atoms with Gasteiger partial charge in [-0.2, -0.15) is 0 Å². The summed E-state index contributed by atoms with van der Waals surface area (Å²) in [5, 5.41) is 9.06. The fraction of sp³-hybridized carbons (Fsp3) is 0.467. The maximum absolute atomic E-state index is 12.0. The number of hydrogen-bond donors (Lipinski definition) is 1. The molecule has 0 aromatic heterocycles. The third-order valence-electron chi connectivity index (χ3n) is 4.07. The van der Waals surface area contributed by atoms with Crippen molar-refractivity contribution in [3.8, 4) is 0 Å². The molecule has 2 saturated heterocycles. The molecule has 0 spiro atoms. The zero-order valence-electron chi connectivity index (χ0n) is 12.0. The largest absolute Gasteiger partial charge is 0.481 e. The summed E-state index contributed by atoms with van der Waals surface area (Å²) >= 11 is 3.56. The molecule has 2 fully saturated rings. The number of ether oxygens (including phenoxy) is 1. The minimum Gasteiger partial charge on any atom is -0.481 e. The first kappa shape index (κ1) is 15.3. The Morgan fingerprint density at radius 2 is 2.05 bits per heavy atom. The second kappa shape index (κ2) is 6.26. The SMILES string of the molecule is O=C(O)[C@H]1CC(=O)N(c2ccc(N3CCOCC3)c(Br)c2)C1. The summed E-state index contributed by atoms with van der Waals surface area (Å²) in [6.07, 6.45) is 0.0676. The predicted octanol–water partition coefficient (Wildman–Crippen LogP) is 1.72. The van der Waals surface area contributed by atoms with Gasteiger partial charge < -0.3 is 19.6 Å². The van der Waals surface area contributed by atoms with E-state index in [1.807, 2.05) is 18.2 Å². The van der Waals surface area contributed by atoms with Crippen LogP contribution in [0.2, 0.25) is 0 Å². The summed E-state index contributed by atoms with van der Waals surface area (Å²) in [7, 11) is 0. The maximum Gasteiger partial charge on any atom is 0.308 e. The highest BCUT2D eigenvalue weighted by molar-refractivity contribution is 9.10. The van der Waals surface area contributed by atoms with E-state index in [9.17, 15) is 9.59 Å². The van der Waals surface area contributed by atoms with Crippen molar-refractivity contribution in [1.82, 2.24) is 0 Å². The molecule has 3 rings (SSSR count). The average Bonchev–Trinajstić information content (AvgIpc) is 2.90. The van der Waals surface area contributed by atoms with E-state index >= 15 is 0 Å². The normalized spacial score (nSPS) is 22.2. The summed E-state index contributed by atoms with van der Waals surface area (Å²) in [5.41, 5.74) is 1.80. The molecule has 1 amide bonds. The van der Waals surface area contributed by atoms with Gasteiger partial charge in [0.1, 0.15) is 0 Å². The lowest BCUT2D eigenvalue weighted by Gasteiger charge is -2.30. The number of nitrogens with zero attached hydrogens (tertiary/aromatic N) is 2. The molecule has 22 heavy (non-hydrogen) atoms. The van der Waals surface area contributed by atoms with Gasteiger partial charge in [-0.15, -0.1) is 0 Å². The molecule has 118 valence electrons. The number of aliphatic carboxylic acids is 1. The number of morpholine rings is 1. The van der Waals surface area contributed by atoms with E-state index in [-0.39, 0.29) is 18.9 Å². The number of anilines is 2. The van der Waals surface area contributed by atoms with Gasteiger partial charge in [0, 0.05) is 36.2 Å². The molecule has 2 aliphatic heterocycles. The number of carbonyl (C=O) groups is 2. The molecule has 1 N–H and O–H groups in total. The minimum atomic E-state index is -0.917. The highest BCUT2D eigenvalue weighted by atomic mass is 79.9. The van der Waals surface area contributed by atoms with Crippen molar-refractivity contribution in [2.75, 3.05) is 42.6 Å². The van der Waals surface area contributed by atoms with Gasteiger partial charge in [0.25, 0.3) is 0 Å². The van der Waals surface area contributed by atoms with Gasteiger partial charge in [0.15, 0.2) is 0 Å². The van der Waals surface area contributed by atoms with Crippen molar-refractivity contribution in [2.24, 2.45) is 5.92 Å². The van der Waals surface area contributed by atoms with Gasteiger partial charge in [-0.05, 0) is 34.1 Å². The summed E-state index contributed by atoms with van der Waals surface area (Å²) in [4.78, 5) is 26.8. The number of carboxylic acid groups (broad SMARTS) is 1. The van der Waals surface area contributed by atoms with E-state index < -0.39 is 11.9 Å². The molecule has 1 aromatic carbocycles. The Morgan fingerprint density at radius 3 is 2.64 bits per heavy atom. The molecule has 0 radical (unpaired) electrons. The number of benzene rings is 1. The molecule has 1 atom stereocenters. The number of amides is 1. The molecule has 0 saturated carbocycles. The summed E-state index contributed by atoms with van der Waals surface area (Å²) in [6, 6.07) is 5.72. The van der Waals surface area contributed by atoms with E-state index in [0.29, 0.717) is 13.2 Å². The molecular formula is C15H17BrN2O4. The van der Waals surface area contributed by atoms with Crippen LogP contribution in [-0.4, -0.2) is 49.8 Å². The summed E-state index contributed by atoms with van der Waals surface area (Å²) in [6.45, 7) is 3.32. The third kappa shape index (κ3) is 2.96. The van der Waals surface area contributed by atoms with Crippen molar-refractivity contribution >= 4 is 39.2 Å². The van der Waals surface area contributed by atoms with Crippen LogP contribution in [0.3, 0.4) is 0 Å². The van der Waals surface area contributed by atoms with Crippen LogP contribution < -0.4 is 9.80 Å². The summed E-state index contributed by atoms with van der Waals surface area (Å²) in [5.74, 6) is -1.68. The lowest BCUT2D eigenvalue weighted by Crippen LogP contribution is -2.36. The molecule has 7 heteroatoms. The van der Waals surface area contributed by atoms with E-state index in [0.717, 1.165) is 28.9 Å². The molecule has 1 aromatic rings. The fourth-order valence-corrected chi connectivity index (χ4v) is 3.46. The zero-order chi connectivity index (χ0) is 15.7. The lowest BCUT2D eigenvalue weighted by molar-refractivity contribution is -0.141. The van der Waals surface area contributed by atoms with Crippen LogP contribution >= 0.6 is 15.9 Å². The first-order chi connectivity index (χ1) is 10.6. The number of carboxylic acids is 1. The van der Waals surface area contributed by atoms with Crippen LogP contribution in [0.4, 0.5) is 11.4 Å². The van der Waals surface area contributed by atoms with E-state index in [1.165, 1.54) is 0 Å². The molecule has 0 unspecified atom stereocenters. The van der Waals surface area contributed by atoms with Crippen LogP contribution in [0.1, 0.15) is 6.42 Å². The fourth-order valence-electron chi connectivity index (χ4n) is 2.85. The highest BCUT2D eigenvalue weighted by Crippen LogP contribution is 2.33. The first-order valence-electron chi connectivity index (χ1n) is 7.21. The van der Waals surface area contributed by atoms with Gasteiger partial charge >= 0.3 is 5.97 Å². The highest BCUT2D eigenvalue weighted by Gasteiger charge is 2.35. The molecular weight excluding hydrogens is 352 g/mol. The van der Waals surface area contributed by atoms with Crippen molar-refractivity contribution < 1.29 is 19.4 Å². The van der Waals surface area contributed by atoms with Crippen molar-refractivity contribution in [3.63, 3.8) is 0 Å². The van der Waals surface area contributed by atoms with Crippen LogP contribution in [0.25, 0.3) is 0 Å². The monoisotopic (exact) mass is 368 g/mol. The predicted molar refractivity (Wildman–Crippen MR) is 85.3 cm³/mol. The van der Waals surface area contributed by atoms with Gasteiger partial charge in [0.05, 0.1) is 24.8 Å². The Hall–Kier alpha value is -1.60. The number of carbonyl (C=O) groups excluding carboxylic acids is 1. The molecule has 6 nitrogen and oxygen atoms in total. The summed E-state index contributed by atoms with van der Waals surface area (Å²) < 4.78 is 6.25. The second-order valence-corrected chi connectivity index (χ2v) is 6.33. The van der Waals surface area contributed by atoms with E-state index in [4.69, 9.17) is 9.84 Å². The minimum absolute atomic E-state index is 0.0676. The molecule has 2 heterocycles. The topological polar surface area (TPSA) is 70.1 Å². The quantitative estimate of drug-likeness (QED) is 0.879. The number of rotatable bonds is 3. The van der Waals surface area contributed by atoms with Crippen LogP contribution in [0.5, 0.6) is 0 Å². The maximum atomic E-state index is 12.0. The molecule has 0 aliphatic carbocycles. The van der Waals surface area contributed by atoms with Crippen LogP contribution in [0.15, 0.2) is 22.7 Å². The Morgan fingerprint density at radius 1 is 1.32 bits per heavy atom. The average molecular weight is 369 g/mol. The number of halogens is 1. The van der Waals surface area contributed by atoms with Gasteiger partial charge in [-0.25, -0.2) is 0 Å². The van der Waals surface area contributed by atoms with Crippen LogP contribution in [-0.2, 0) is 14.3 Å². The van der Waals surface area contributed by atoms with Crippen LogP contribution in [0, 0.1) is 5.92 Å². The van der Waals surface area contributed by atoms with Crippen molar-refractivity contribution in [3.05, 3.63) is 22.7 Å². The standard InChI is InChI=1S/C15H17BrN2O4/c16-12-8-11(18-9-10(15(20)21)7-14(18)19)1-2-13(12)17-3-5-22-6-4-17/h1-2,8,10H,3-7,9H2,(H,20,21)/t10-/m0/s1. The van der Waals surface area contributed by atoms with Gasteiger partial charge in [0.2, 0.25) is 5.91 Å². The van der Waals surface area contributed by atoms with E-state index in [1.54, 1.807) is 4.90 Å². The Balaban J connectivity index is 1.80. The molecule has 0 bridgehead atoms. The number of hydrogen-bond acceptors (Lipinski definition) is 4. The smallest absolute Gasteiger partial charge is 0.308 e. The Bertz CT molecular complexity index is 601. The van der Waals surface area contributed by atoms with Gasteiger partial charge in [-0.1, -0.05) is 0 Å². The third-order valence-corrected chi connectivity index (χ3v) is 4.70. The van der Waals surface area contributed by atoms with Crippen molar-refractivity contribution in [2.45, 2.75) is 6.42 Å². The Kier molecular flexibility index (Phi) is 4.35. The molecule has 2 aliphatic rings. The zero-order valence-corrected chi connectivity index (χ0v) is 13.6.